The molecule has 2 rings (SSSR count). The van der Waals surface area contributed by atoms with Crippen LogP contribution < -0.4 is 0 Å². The first-order chi connectivity index (χ1) is 6.94. The molecule has 0 bridgehead atoms. The number of carbonyl (C=O) groups excluding carboxylic acids is 1. The number of ketones is 1. The van der Waals surface area contributed by atoms with Gasteiger partial charge in [-0.2, -0.15) is 0 Å². The van der Waals surface area contributed by atoms with E-state index in [1.54, 1.807) is 6.07 Å². The number of halogens is 2. The monoisotopic (exact) mass is 242 g/mol. The van der Waals surface area contributed by atoms with Gasteiger partial charge in [-0.05, 0) is 37.5 Å². The van der Waals surface area contributed by atoms with Gasteiger partial charge in [0.15, 0.2) is 0 Å². The van der Waals surface area contributed by atoms with Gasteiger partial charge in [0.25, 0.3) is 0 Å². The van der Waals surface area contributed by atoms with Crippen LogP contribution in [0.4, 0.5) is 0 Å². The Balaban J connectivity index is 2.72. The Kier molecular flexibility index (Phi) is 2.56. The molecule has 0 unspecified atom stereocenters. The van der Waals surface area contributed by atoms with E-state index in [9.17, 15) is 4.79 Å². The van der Waals surface area contributed by atoms with E-state index in [4.69, 9.17) is 23.2 Å². The van der Waals surface area contributed by atoms with Crippen molar-refractivity contribution in [2.45, 2.75) is 32.1 Å². The molecule has 0 atom stereocenters. The van der Waals surface area contributed by atoms with Crippen molar-refractivity contribution < 1.29 is 4.79 Å². The van der Waals surface area contributed by atoms with Crippen LogP contribution in [0.1, 0.15) is 31.4 Å². The van der Waals surface area contributed by atoms with E-state index in [0.717, 1.165) is 17.5 Å². The molecule has 80 valence electrons. The van der Waals surface area contributed by atoms with Crippen LogP contribution >= 0.6 is 23.2 Å². The fourth-order valence-electron chi connectivity index (χ4n) is 2.17. The zero-order chi connectivity index (χ0) is 11.2. The number of aryl methyl sites for hydroxylation is 1. The Labute approximate surface area is 99.4 Å². The first-order valence-corrected chi connectivity index (χ1v) is 5.71. The second-order valence-corrected chi connectivity index (χ2v) is 5.23. The minimum Gasteiger partial charge on any atom is -0.299 e. The van der Waals surface area contributed by atoms with Gasteiger partial charge >= 0.3 is 0 Å². The van der Waals surface area contributed by atoms with Crippen LogP contribution in [0.5, 0.6) is 0 Å². The summed E-state index contributed by atoms with van der Waals surface area (Å²) in [5.41, 5.74) is 1.55. The summed E-state index contributed by atoms with van der Waals surface area (Å²) in [4.78, 5) is 11.8. The Morgan fingerprint density at radius 1 is 1.20 bits per heavy atom. The van der Waals surface area contributed by atoms with E-state index in [1.165, 1.54) is 0 Å². The number of Topliss-reactive ketones (excluding diaryl/α,β-unsaturated/α-hetero) is 1. The second kappa shape index (κ2) is 3.50. The maximum Gasteiger partial charge on any atom is 0.143 e. The van der Waals surface area contributed by atoms with Crippen molar-refractivity contribution in [1.82, 2.24) is 0 Å². The summed E-state index contributed by atoms with van der Waals surface area (Å²) >= 11 is 12.2. The van der Waals surface area contributed by atoms with E-state index in [1.807, 2.05) is 19.9 Å². The van der Waals surface area contributed by atoms with Crippen molar-refractivity contribution in [2.24, 2.45) is 0 Å². The largest absolute Gasteiger partial charge is 0.299 e. The molecular formula is C12H12Cl2O. The summed E-state index contributed by atoms with van der Waals surface area (Å²) in [6.45, 7) is 3.82. The molecule has 1 aromatic rings. The van der Waals surface area contributed by atoms with Crippen molar-refractivity contribution in [3.63, 3.8) is 0 Å². The number of carbonyl (C=O) groups is 1. The highest BCUT2D eigenvalue weighted by Crippen LogP contribution is 2.41. The molecule has 15 heavy (non-hydrogen) atoms. The van der Waals surface area contributed by atoms with Gasteiger partial charge in [0.05, 0.1) is 15.5 Å². The maximum atomic E-state index is 11.8. The Hall–Kier alpha value is -0.530. The Morgan fingerprint density at radius 3 is 2.53 bits per heavy atom. The van der Waals surface area contributed by atoms with Gasteiger partial charge in [-0.15, -0.1) is 0 Å². The molecule has 0 saturated carbocycles. The topological polar surface area (TPSA) is 17.1 Å². The molecule has 0 heterocycles. The second-order valence-electron chi connectivity index (χ2n) is 4.44. The maximum absolute atomic E-state index is 11.8. The lowest BCUT2D eigenvalue weighted by Crippen LogP contribution is -2.34. The summed E-state index contributed by atoms with van der Waals surface area (Å²) in [5, 5.41) is 1.06. The van der Waals surface area contributed by atoms with Gasteiger partial charge in [0.1, 0.15) is 5.78 Å². The molecule has 0 spiro atoms. The molecule has 0 radical (unpaired) electrons. The third-order valence-corrected chi connectivity index (χ3v) is 3.93. The van der Waals surface area contributed by atoms with E-state index >= 15 is 0 Å². The fourth-order valence-corrected chi connectivity index (χ4v) is 2.75. The predicted molar refractivity (Wildman–Crippen MR) is 62.8 cm³/mol. The highest BCUT2D eigenvalue weighted by Gasteiger charge is 2.37. The van der Waals surface area contributed by atoms with E-state index in [2.05, 4.69) is 0 Å². The molecule has 0 saturated heterocycles. The van der Waals surface area contributed by atoms with Crippen LogP contribution in [0.3, 0.4) is 0 Å². The summed E-state index contributed by atoms with van der Waals surface area (Å²) in [7, 11) is 0. The van der Waals surface area contributed by atoms with E-state index in [-0.39, 0.29) is 5.78 Å². The standard InChI is InChI=1S/C12H12Cl2O/c1-12(2)9(15)6-4-7-3-5-8(13)11(14)10(7)12/h3,5H,4,6H2,1-2H3. The quantitative estimate of drug-likeness (QED) is 0.677. The first kappa shape index (κ1) is 11.0. The lowest BCUT2D eigenvalue weighted by Gasteiger charge is -2.32. The molecule has 1 aromatic carbocycles. The van der Waals surface area contributed by atoms with Gasteiger partial charge in [-0.25, -0.2) is 0 Å². The highest BCUT2D eigenvalue weighted by molar-refractivity contribution is 6.42. The zero-order valence-electron chi connectivity index (χ0n) is 8.73. The summed E-state index contributed by atoms with van der Waals surface area (Å²) in [6.07, 6.45) is 1.37. The number of hydrogen-bond donors (Lipinski definition) is 0. The highest BCUT2D eigenvalue weighted by atomic mass is 35.5. The van der Waals surface area contributed by atoms with Gasteiger partial charge in [0, 0.05) is 6.42 Å². The minimum absolute atomic E-state index is 0.235. The SMILES string of the molecule is CC1(C)C(=O)CCc2ccc(Cl)c(Cl)c21. The summed E-state index contributed by atoms with van der Waals surface area (Å²) in [5.74, 6) is 0.235. The summed E-state index contributed by atoms with van der Waals surface area (Å²) < 4.78 is 0. The van der Waals surface area contributed by atoms with Crippen molar-refractivity contribution in [3.05, 3.63) is 33.3 Å². The number of rotatable bonds is 0. The average Bonchev–Trinajstić information content (AvgIpc) is 2.17. The lowest BCUT2D eigenvalue weighted by molar-refractivity contribution is -0.124. The fraction of sp³-hybridized carbons (Fsp3) is 0.417. The van der Waals surface area contributed by atoms with E-state index in [0.29, 0.717) is 16.5 Å². The van der Waals surface area contributed by atoms with Gasteiger partial charge in [0.2, 0.25) is 0 Å². The molecule has 1 aliphatic carbocycles. The number of hydrogen-bond acceptors (Lipinski definition) is 1. The van der Waals surface area contributed by atoms with Gasteiger partial charge in [-0.3, -0.25) is 4.79 Å². The third-order valence-electron chi connectivity index (χ3n) is 3.12. The Morgan fingerprint density at radius 2 is 1.87 bits per heavy atom. The molecular weight excluding hydrogens is 231 g/mol. The smallest absolute Gasteiger partial charge is 0.143 e. The van der Waals surface area contributed by atoms with Crippen molar-refractivity contribution >= 4 is 29.0 Å². The molecule has 0 N–H and O–H groups in total. The Bertz CT molecular complexity index is 435. The van der Waals surface area contributed by atoms with Crippen molar-refractivity contribution in [1.29, 1.82) is 0 Å². The number of fused-ring (bicyclic) bond motifs is 1. The first-order valence-electron chi connectivity index (χ1n) is 4.95. The van der Waals surface area contributed by atoms with Crippen LogP contribution in [0.2, 0.25) is 10.0 Å². The molecule has 0 aliphatic heterocycles. The summed E-state index contributed by atoms with van der Waals surface area (Å²) in [6, 6.07) is 3.77. The van der Waals surface area contributed by atoms with Crippen LogP contribution in [-0.2, 0) is 16.6 Å². The van der Waals surface area contributed by atoms with Crippen molar-refractivity contribution in [2.75, 3.05) is 0 Å². The van der Waals surface area contributed by atoms with Crippen LogP contribution in [-0.4, -0.2) is 5.78 Å². The predicted octanol–water partition coefficient (Wildman–Crippen LogP) is 3.79. The normalized spacial score (nSPS) is 18.8. The van der Waals surface area contributed by atoms with E-state index < -0.39 is 5.41 Å². The molecule has 1 nitrogen and oxygen atoms in total. The third kappa shape index (κ3) is 1.58. The van der Waals surface area contributed by atoms with Crippen LogP contribution in [0.25, 0.3) is 0 Å². The lowest BCUT2D eigenvalue weighted by atomic mass is 9.72. The molecule has 0 aromatic heterocycles. The van der Waals surface area contributed by atoms with Crippen LogP contribution in [0.15, 0.2) is 12.1 Å². The van der Waals surface area contributed by atoms with Crippen molar-refractivity contribution in [3.8, 4) is 0 Å². The molecule has 0 amide bonds. The molecule has 1 aliphatic rings. The molecule has 3 heteroatoms. The average molecular weight is 243 g/mol. The van der Waals surface area contributed by atoms with Gasteiger partial charge in [-0.1, -0.05) is 29.3 Å². The van der Waals surface area contributed by atoms with Gasteiger partial charge < -0.3 is 0 Å². The molecule has 0 fully saturated rings. The minimum atomic E-state index is -0.504. The van der Waals surface area contributed by atoms with Crippen LogP contribution in [0, 0.1) is 0 Å². The zero-order valence-corrected chi connectivity index (χ0v) is 10.2. The number of benzene rings is 1.